The topological polar surface area (TPSA) is 29.5 Å². The van der Waals surface area contributed by atoms with E-state index in [1.54, 1.807) is 19.2 Å². The van der Waals surface area contributed by atoms with E-state index in [4.69, 9.17) is 4.74 Å². The number of hydrogen-bond donors (Lipinski definition) is 1. The Kier molecular flexibility index (Phi) is 3.01. The van der Waals surface area contributed by atoms with Crippen molar-refractivity contribution in [3.05, 3.63) is 59.2 Å². The van der Waals surface area contributed by atoms with Crippen molar-refractivity contribution in [3.63, 3.8) is 0 Å². The predicted octanol–water partition coefficient (Wildman–Crippen LogP) is 4.39. The molecule has 0 radical (unpaired) electrons. The molecule has 1 atom stereocenters. The molecule has 0 spiro atoms. The van der Waals surface area contributed by atoms with Gasteiger partial charge < -0.3 is 9.84 Å². The first-order valence-corrected chi connectivity index (χ1v) is 7.35. The summed E-state index contributed by atoms with van der Waals surface area (Å²) in [5, 5.41) is 9.54. The van der Waals surface area contributed by atoms with E-state index in [1.165, 1.54) is 16.7 Å². The molecule has 1 unspecified atom stereocenters. The molecular weight excluding hydrogens is 260 g/mol. The van der Waals surface area contributed by atoms with E-state index in [2.05, 4.69) is 32.9 Å². The lowest BCUT2D eigenvalue weighted by Gasteiger charge is -2.28. The summed E-state index contributed by atoms with van der Waals surface area (Å²) in [6.07, 6.45) is 1.05. The fourth-order valence-electron chi connectivity index (χ4n) is 3.86. The minimum absolute atomic E-state index is 0.0545. The van der Waals surface area contributed by atoms with Gasteiger partial charge in [-0.2, -0.15) is 0 Å². The van der Waals surface area contributed by atoms with Crippen molar-refractivity contribution in [1.82, 2.24) is 0 Å². The zero-order valence-electron chi connectivity index (χ0n) is 13.1. The van der Waals surface area contributed by atoms with Crippen LogP contribution in [-0.4, -0.2) is 12.2 Å². The third-order valence-corrected chi connectivity index (χ3v) is 4.85. The second kappa shape index (κ2) is 4.52. The molecule has 1 aliphatic carbocycles. The Hall–Kier alpha value is -1.96. The third kappa shape index (κ3) is 2.10. The van der Waals surface area contributed by atoms with E-state index in [9.17, 15) is 5.11 Å². The fraction of sp³-hybridized carbons (Fsp3) is 0.368. The molecule has 3 rings (SSSR count). The first-order chi connectivity index (χ1) is 9.87. The van der Waals surface area contributed by atoms with E-state index in [1.807, 2.05) is 18.2 Å². The van der Waals surface area contributed by atoms with Gasteiger partial charge >= 0.3 is 0 Å². The number of benzene rings is 2. The Balaban J connectivity index is 2.20. The van der Waals surface area contributed by atoms with E-state index < -0.39 is 0 Å². The average molecular weight is 282 g/mol. The standard InChI is InChI=1S/C19H22O2/c1-18(2)12-19(3,13-5-7-14(20)8-6-13)17-11-15(21-4)9-10-16(17)18/h5-11,20H,12H2,1-4H3. The molecule has 0 aromatic heterocycles. The van der Waals surface area contributed by atoms with Crippen molar-refractivity contribution in [2.45, 2.75) is 38.0 Å². The summed E-state index contributed by atoms with van der Waals surface area (Å²) in [4.78, 5) is 0. The number of ether oxygens (including phenoxy) is 1. The van der Waals surface area contributed by atoms with Gasteiger partial charge in [0, 0.05) is 5.41 Å². The van der Waals surface area contributed by atoms with Crippen LogP contribution in [0.3, 0.4) is 0 Å². The van der Waals surface area contributed by atoms with Gasteiger partial charge in [0.1, 0.15) is 11.5 Å². The average Bonchev–Trinajstić information content (AvgIpc) is 2.67. The van der Waals surface area contributed by atoms with Crippen molar-refractivity contribution in [2.24, 2.45) is 0 Å². The maximum atomic E-state index is 9.54. The second-order valence-electron chi connectivity index (χ2n) is 6.85. The minimum atomic E-state index is -0.0545. The quantitative estimate of drug-likeness (QED) is 0.885. The lowest BCUT2D eigenvalue weighted by atomic mass is 9.75. The van der Waals surface area contributed by atoms with Gasteiger partial charge in [-0.15, -0.1) is 0 Å². The van der Waals surface area contributed by atoms with Crippen LogP contribution in [0.4, 0.5) is 0 Å². The number of aromatic hydroxyl groups is 1. The highest BCUT2D eigenvalue weighted by Gasteiger charge is 2.45. The Bertz CT molecular complexity index is 670. The molecule has 0 amide bonds. The van der Waals surface area contributed by atoms with Crippen LogP contribution in [0.15, 0.2) is 42.5 Å². The molecule has 0 fully saturated rings. The van der Waals surface area contributed by atoms with E-state index >= 15 is 0 Å². The number of methoxy groups -OCH3 is 1. The largest absolute Gasteiger partial charge is 0.508 e. The van der Waals surface area contributed by atoms with Crippen LogP contribution in [-0.2, 0) is 10.8 Å². The zero-order chi connectivity index (χ0) is 15.3. The van der Waals surface area contributed by atoms with E-state index in [0.29, 0.717) is 5.75 Å². The summed E-state index contributed by atoms with van der Waals surface area (Å²) < 4.78 is 5.42. The van der Waals surface area contributed by atoms with Crippen LogP contribution in [0.1, 0.15) is 43.9 Å². The summed E-state index contributed by atoms with van der Waals surface area (Å²) in [5.41, 5.74) is 4.03. The highest BCUT2D eigenvalue weighted by atomic mass is 16.5. The molecule has 0 aliphatic heterocycles. The van der Waals surface area contributed by atoms with Crippen LogP contribution >= 0.6 is 0 Å². The molecule has 2 aromatic rings. The Labute approximate surface area is 126 Å². The number of phenols is 1. The zero-order valence-corrected chi connectivity index (χ0v) is 13.1. The molecule has 2 aromatic carbocycles. The van der Waals surface area contributed by atoms with Gasteiger partial charge in [-0.25, -0.2) is 0 Å². The van der Waals surface area contributed by atoms with Crippen LogP contribution in [0.25, 0.3) is 0 Å². The number of fused-ring (bicyclic) bond motifs is 1. The number of rotatable bonds is 2. The number of phenolic OH excluding ortho intramolecular Hbond substituents is 1. The molecule has 0 heterocycles. The Morgan fingerprint density at radius 3 is 2.24 bits per heavy atom. The van der Waals surface area contributed by atoms with Gasteiger partial charge in [0.2, 0.25) is 0 Å². The summed E-state index contributed by atoms with van der Waals surface area (Å²) in [6, 6.07) is 14.0. The van der Waals surface area contributed by atoms with Gasteiger partial charge in [0.15, 0.2) is 0 Å². The van der Waals surface area contributed by atoms with Gasteiger partial charge in [-0.3, -0.25) is 0 Å². The van der Waals surface area contributed by atoms with Crippen LogP contribution in [0.2, 0.25) is 0 Å². The summed E-state index contributed by atoms with van der Waals surface area (Å²) in [7, 11) is 1.71. The van der Waals surface area contributed by atoms with Crippen molar-refractivity contribution >= 4 is 0 Å². The molecule has 0 saturated heterocycles. The molecule has 1 N–H and O–H groups in total. The SMILES string of the molecule is COc1ccc2c(c1)C(C)(c1ccc(O)cc1)CC2(C)C. The molecule has 2 nitrogen and oxygen atoms in total. The second-order valence-corrected chi connectivity index (χ2v) is 6.85. The lowest BCUT2D eigenvalue weighted by molar-refractivity contribution is 0.411. The Morgan fingerprint density at radius 2 is 1.62 bits per heavy atom. The van der Waals surface area contributed by atoms with Gasteiger partial charge in [-0.05, 0) is 52.8 Å². The van der Waals surface area contributed by atoms with Crippen LogP contribution in [0, 0.1) is 0 Å². The minimum Gasteiger partial charge on any atom is -0.508 e. The maximum absolute atomic E-state index is 9.54. The van der Waals surface area contributed by atoms with Gasteiger partial charge in [-0.1, -0.05) is 39.0 Å². The lowest BCUT2D eigenvalue weighted by Crippen LogP contribution is -2.23. The maximum Gasteiger partial charge on any atom is 0.119 e. The van der Waals surface area contributed by atoms with Gasteiger partial charge in [0.25, 0.3) is 0 Å². The summed E-state index contributed by atoms with van der Waals surface area (Å²) in [5.74, 6) is 1.21. The normalized spacial score (nSPS) is 22.9. The summed E-state index contributed by atoms with van der Waals surface area (Å²) in [6.45, 7) is 6.88. The monoisotopic (exact) mass is 282 g/mol. The van der Waals surface area contributed by atoms with E-state index in [0.717, 1.165) is 12.2 Å². The van der Waals surface area contributed by atoms with Crippen LogP contribution in [0.5, 0.6) is 11.5 Å². The molecule has 1 aliphatic rings. The smallest absolute Gasteiger partial charge is 0.119 e. The Morgan fingerprint density at radius 1 is 0.952 bits per heavy atom. The molecule has 21 heavy (non-hydrogen) atoms. The van der Waals surface area contributed by atoms with Crippen molar-refractivity contribution in [1.29, 1.82) is 0 Å². The molecule has 110 valence electrons. The molecule has 2 heteroatoms. The van der Waals surface area contributed by atoms with Crippen LogP contribution < -0.4 is 4.74 Å². The van der Waals surface area contributed by atoms with Crippen molar-refractivity contribution in [2.75, 3.05) is 7.11 Å². The van der Waals surface area contributed by atoms with Gasteiger partial charge in [0.05, 0.1) is 7.11 Å². The first-order valence-electron chi connectivity index (χ1n) is 7.35. The third-order valence-electron chi connectivity index (χ3n) is 4.85. The molecule has 0 saturated carbocycles. The molecular formula is C19H22O2. The summed E-state index contributed by atoms with van der Waals surface area (Å²) >= 11 is 0. The highest BCUT2D eigenvalue weighted by Crippen LogP contribution is 2.53. The van der Waals surface area contributed by atoms with Crippen molar-refractivity contribution < 1.29 is 9.84 Å². The predicted molar refractivity (Wildman–Crippen MR) is 85.2 cm³/mol. The number of hydrogen-bond acceptors (Lipinski definition) is 2. The van der Waals surface area contributed by atoms with E-state index in [-0.39, 0.29) is 10.8 Å². The molecule has 0 bridgehead atoms. The van der Waals surface area contributed by atoms with Crippen molar-refractivity contribution in [3.8, 4) is 11.5 Å². The first kappa shape index (κ1) is 14.0. The highest BCUT2D eigenvalue weighted by molar-refractivity contribution is 5.54. The fourth-order valence-corrected chi connectivity index (χ4v) is 3.86.